The van der Waals surface area contributed by atoms with Crippen LogP contribution in [0, 0.1) is 11.3 Å². The number of rotatable bonds is 3. The summed E-state index contributed by atoms with van der Waals surface area (Å²) in [7, 11) is 0. The predicted molar refractivity (Wildman–Crippen MR) is 90.4 cm³/mol. The third-order valence-electron chi connectivity index (χ3n) is 4.32. The van der Waals surface area contributed by atoms with Gasteiger partial charge in [-0.3, -0.25) is 4.98 Å². The molecule has 0 aromatic carbocycles. The molecule has 0 amide bonds. The monoisotopic (exact) mass is 350 g/mol. The Morgan fingerprint density at radius 1 is 1.15 bits per heavy atom. The molecular formula is C18H15FN6O. The summed E-state index contributed by atoms with van der Waals surface area (Å²) in [5.41, 5.74) is 0.689. The fraction of sp³-hybridized carbons (Fsp3) is 0.278. The molecule has 0 bridgehead atoms. The second-order valence-corrected chi connectivity index (χ2v) is 6.13. The molecule has 1 aliphatic rings. The normalized spacial score (nSPS) is 19.8. The lowest BCUT2D eigenvalue weighted by atomic mass is 9.96. The van der Waals surface area contributed by atoms with E-state index in [4.69, 9.17) is 9.68 Å². The standard InChI is InChI=1S/C18H15FN6O/c19-18(4-1-5-21-11-18)17-25-24-16(26-17)13-3-7-23-15(9-13)12-2-6-22-14(8-12)10-20/h2-3,6-9,21H,1,4-5,11H2/t18-/m1/s1. The quantitative estimate of drug-likeness (QED) is 0.775. The molecule has 0 unspecified atom stereocenters. The van der Waals surface area contributed by atoms with E-state index in [1.165, 1.54) is 0 Å². The second-order valence-electron chi connectivity index (χ2n) is 6.13. The number of nitriles is 1. The molecule has 26 heavy (non-hydrogen) atoms. The lowest BCUT2D eigenvalue weighted by Gasteiger charge is -2.26. The molecule has 0 radical (unpaired) electrons. The molecule has 0 spiro atoms. The fourth-order valence-electron chi connectivity index (χ4n) is 2.94. The Kier molecular flexibility index (Phi) is 4.14. The van der Waals surface area contributed by atoms with E-state index in [1.807, 2.05) is 6.07 Å². The lowest BCUT2D eigenvalue weighted by molar-refractivity contribution is 0.0873. The average Bonchev–Trinajstić information content (AvgIpc) is 3.20. The van der Waals surface area contributed by atoms with Gasteiger partial charge in [-0.15, -0.1) is 10.2 Å². The van der Waals surface area contributed by atoms with Crippen LogP contribution >= 0.6 is 0 Å². The van der Waals surface area contributed by atoms with E-state index < -0.39 is 5.67 Å². The van der Waals surface area contributed by atoms with E-state index in [2.05, 4.69) is 25.5 Å². The van der Waals surface area contributed by atoms with Gasteiger partial charge in [0.05, 0.1) is 5.69 Å². The van der Waals surface area contributed by atoms with E-state index in [0.717, 1.165) is 18.5 Å². The molecule has 1 N–H and O–H groups in total. The number of halogens is 1. The van der Waals surface area contributed by atoms with Crippen LogP contribution in [0.5, 0.6) is 0 Å². The van der Waals surface area contributed by atoms with Gasteiger partial charge in [-0.05, 0) is 43.7 Å². The lowest BCUT2D eigenvalue weighted by Crippen LogP contribution is -2.40. The van der Waals surface area contributed by atoms with Gasteiger partial charge in [-0.25, -0.2) is 9.37 Å². The van der Waals surface area contributed by atoms with E-state index in [9.17, 15) is 4.39 Å². The van der Waals surface area contributed by atoms with E-state index in [1.54, 1.807) is 36.7 Å². The van der Waals surface area contributed by atoms with E-state index in [-0.39, 0.29) is 18.3 Å². The van der Waals surface area contributed by atoms with Gasteiger partial charge >= 0.3 is 0 Å². The molecule has 130 valence electrons. The van der Waals surface area contributed by atoms with Gasteiger partial charge in [0, 0.05) is 30.1 Å². The number of hydrogen-bond donors (Lipinski definition) is 1. The molecule has 7 nitrogen and oxygen atoms in total. The molecule has 3 aromatic rings. The third-order valence-corrected chi connectivity index (χ3v) is 4.32. The van der Waals surface area contributed by atoms with Gasteiger partial charge in [0.25, 0.3) is 5.89 Å². The van der Waals surface area contributed by atoms with Gasteiger partial charge in [0.1, 0.15) is 11.8 Å². The molecule has 1 fully saturated rings. The number of piperidine rings is 1. The Bertz CT molecular complexity index is 974. The van der Waals surface area contributed by atoms with E-state index >= 15 is 0 Å². The van der Waals surface area contributed by atoms with Crippen molar-refractivity contribution in [3.8, 4) is 28.8 Å². The number of nitrogens with one attached hydrogen (secondary N) is 1. The third kappa shape index (κ3) is 3.05. The Morgan fingerprint density at radius 3 is 2.81 bits per heavy atom. The Labute approximate surface area is 148 Å². The van der Waals surface area contributed by atoms with Gasteiger partial charge in [0.2, 0.25) is 5.89 Å². The number of aromatic nitrogens is 4. The summed E-state index contributed by atoms with van der Waals surface area (Å²) in [5, 5.41) is 19.9. The zero-order valence-electron chi connectivity index (χ0n) is 13.8. The number of hydrogen-bond acceptors (Lipinski definition) is 7. The molecule has 3 aromatic heterocycles. The minimum Gasteiger partial charge on any atom is -0.417 e. The minimum absolute atomic E-state index is 0.00580. The molecule has 8 heteroatoms. The molecule has 1 atom stereocenters. The fourth-order valence-corrected chi connectivity index (χ4v) is 2.94. The summed E-state index contributed by atoms with van der Waals surface area (Å²) < 4.78 is 20.6. The maximum absolute atomic E-state index is 15.0. The zero-order chi connectivity index (χ0) is 18.0. The van der Waals surface area contributed by atoms with Crippen LogP contribution in [-0.4, -0.2) is 33.3 Å². The number of pyridine rings is 2. The molecule has 1 saturated heterocycles. The van der Waals surface area contributed by atoms with Crippen molar-refractivity contribution in [3.05, 3.63) is 48.2 Å². The van der Waals surface area contributed by atoms with Crippen LogP contribution in [0.3, 0.4) is 0 Å². The summed E-state index contributed by atoms with van der Waals surface area (Å²) in [6.07, 6.45) is 4.23. The molecule has 0 aliphatic carbocycles. The van der Waals surface area contributed by atoms with Crippen LogP contribution in [-0.2, 0) is 5.67 Å². The van der Waals surface area contributed by atoms with Crippen molar-refractivity contribution in [2.24, 2.45) is 0 Å². The Morgan fingerprint density at radius 2 is 2.00 bits per heavy atom. The summed E-state index contributed by atoms with van der Waals surface area (Å²) in [5.74, 6) is 0.231. The Balaban J connectivity index is 1.66. The summed E-state index contributed by atoms with van der Waals surface area (Å²) in [4.78, 5) is 8.26. The van der Waals surface area contributed by atoms with Crippen LogP contribution in [0.25, 0.3) is 22.7 Å². The van der Waals surface area contributed by atoms with Gasteiger partial charge in [0.15, 0.2) is 5.67 Å². The zero-order valence-corrected chi connectivity index (χ0v) is 13.8. The highest BCUT2D eigenvalue weighted by Gasteiger charge is 2.39. The van der Waals surface area contributed by atoms with Crippen LogP contribution in [0.2, 0.25) is 0 Å². The highest BCUT2D eigenvalue weighted by molar-refractivity contribution is 5.66. The van der Waals surface area contributed by atoms with E-state index in [0.29, 0.717) is 23.4 Å². The SMILES string of the molecule is N#Cc1cc(-c2cc(-c3nnc([C@@]4(F)CCCNC4)o3)ccn2)ccn1. The van der Waals surface area contributed by atoms with Crippen molar-refractivity contribution in [1.82, 2.24) is 25.5 Å². The second kappa shape index (κ2) is 6.61. The summed E-state index contributed by atoms with van der Waals surface area (Å²) in [6.45, 7) is 0.960. The topological polar surface area (TPSA) is 101 Å². The number of nitrogens with zero attached hydrogens (tertiary/aromatic N) is 5. The maximum atomic E-state index is 15.0. The van der Waals surface area contributed by atoms with Crippen molar-refractivity contribution in [1.29, 1.82) is 5.26 Å². The minimum atomic E-state index is -1.63. The summed E-state index contributed by atoms with van der Waals surface area (Å²) in [6, 6.07) is 8.89. The van der Waals surface area contributed by atoms with Gasteiger partial charge < -0.3 is 9.73 Å². The molecule has 4 rings (SSSR count). The Hall–Kier alpha value is -3.18. The molecule has 4 heterocycles. The first-order chi connectivity index (χ1) is 12.7. The van der Waals surface area contributed by atoms with Crippen molar-refractivity contribution >= 4 is 0 Å². The largest absolute Gasteiger partial charge is 0.417 e. The molecular weight excluding hydrogens is 335 g/mol. The smallest absolute Gasteiger partial charge is 0.255 e. The predicted octanol–water partition coefficient (Wildman–Crippen LogP) is 2.61. The van der Waals surface area contributed by atoms with Crippen LogP contribution in [0.4, 0.5) is 4.39 Å². The number of alkyl halides is 1. The van der Waals surface area contributed by atoms with Crippen molar-refractivity contribution in [3.63, 3.8) is 0 Å². The van der Waals surface area contributed by atoms with Gasteiger partial charge in [-0.2, -0.15) is 5.26 Å². The maximum Gasteiger partial charge on any atom is 0.255 e. The van der Waals surface area contributed by atoms with Crippen molar-refractivity contribution in [2.75, 3.05) is 13.1 Å². The highest BCUT2D eigenvalue weighted by atomic mass is 19.1. The first-order valence-electron chi connectivity index (χ1n) is 8.24. The van der Waals surface area contributed by atoms with Gasteiger partial charge in [-0.1, -0.05) is 0 Å². The molecule has 0 saturated carbocycles. The van der Waals surface area contributed by atoms with Crippen molar-refractivity contribution < 1.29 is 8.81 Å². The van der Waals surface area contributed by atoms with Crippen LogP contribution < -0.4 is 5.32 Å². The van der Waals surface area contributed by atoms with Crippen molar-refractivity contribution in [2.45, 2.75) is 18.5 Å². The average molecular weight is 350 g/mol. The first kappa shape index (κ1) is 16.3. The highest BCUT2D eigenvalue weighted by Crippen LogP contribution is 2.33. The van der Waals surface area contributed by atoms with Crippen LogP contribution in [0.15, 0.2) is 41.1 Å². The first-order valence-corrected chi connectivity index (χ1v) is 8.24. The van der Waals surface area contributed by atoms with Crippen LogP contribution in [0.1, 0.15) is 24.4 Å². The summed E-state index contributed by atoms with van der Waals surface area (Å²) >= 11 is 0. The molecule has 1 aliphatic heterocycles.